The molecule has 19 heavy (non-hydrogen) atoms. The summed E-state index contributed by atoms with van der Waals surface area (Å²) in [4.78, 5) is 12.0. The molecule has 4 N–H and O–H groups in total. The third-order valence-electron chi connectivity index (χ3n) is 3.35. The summed E-state index contributed by atoms with van der Waals surface area (Å²) in [7, 11) is 0. The van der Waals surface area contributed by atoms with Crippen molar-refractivity contribution in [3.63, 3.8) is 0 Å². The standard InChI is InChI=1S/C14H21ClN2O2/c1-3-9(4-2)13(16)8-17-14(19)11-7-10(18)5-6-12(11)15/h5-7,9,13,18H,3-4,8,16H2,1-2H3,(H,17,19). The molecule has 0 bridgehead atoms. The predicted octanol–water partition coefficient (Wildman–Crippen LogP) is 2.54. The fourth-order valence-electron chi connectivity index (χ4n) is 2.05. The Kier molecular flexibility index (Phi) is 6.12. The van der Waals surface area contributed by atoms with Crippen molar-refractivity contribution in [2.24, 2.45) is 11.7 Å². The van der Waals surface area contributed by atoms with Crippen LogP contribution in [0.2, 0.25) is 5.02 Å². The van der Waals surface area contributed by atoms with Gasteiger partial charge in [0.2, 0.25) is 0 Å². The van der Waals surface area contributed by atoms with Crippen LogP contribution in [0.15, 0.2) is 18.2 Å². The quantitative estimate of drug-likeness (QED) is 0.751. The normalized spacial score (nSPS) is 12.5. The number of amides is 1. The third kappa shape index (κ3) is 4.40. The first kappa shape index (κ1) is 15.8. The highest BCUT2D eigenvalue weighted by Crippen LogP contribution is 2.21. The summed E-state index contributed by atoms with van der Waals surface area (Å²) >= 11 is 5.92. The molecule has 1 aromatic rings. The molecule has 1 aromatic carbocycles. The monoisotopic (exact) mass is 284 g/mol. The zero-order valence-electron chi connectivity index (χ0n) is 11.3. The molecule has 106 valence electrons. The number of benzene rings is 1. The maximum atomic E-state index is 12.0. The van der Waals surface area contributed by atoms with Gasteiger partial charge >= 0.3 is 0 Å². The first-order valence-electron chi connectivity index (χ1n) is 6.51. The van der Waals surface area contributed by atoms with Crippen molar-refractivity contribution in [1.82, 2.24) is 5.32 Å². The van der Waals surface area contributed by atoms with Crippen LogP contribution >= 0.6 is 11.6 Å². The van der Waals surface area contributed by atoms with Gasteiger partial charge in [-0.15, -0.1) is 0 Å². The van der Waals surface area contributed by atoms with E-state index in [1.54, 1.807) is 0 Å². The van der Waals surface area contributed by atoms with E-state index in [4.69, 9.17) is 17.3 Å². The molecular formula is C14H21ClN2O2. The average Bonchev–Trinajstić information content (AvgIpc) is 2.40. The van der Waals surface area contributed by atoms with Gasteiger partial charge in [-0.1, -0.05) is 38.3 Å². The number of nitrogens with one attached hydrogen (secondary N) is 1. The largest absolute Gasteiger partial charge is 0.508 e. The van der Waals surface area contributed by atoms with Gasteiger partial charge in [0.25, 0.3) is 5.91 Å². The van der Waals surface area contributed by atoms with E-state index in [0.717, 1.165) is 12.8 Å². The molecule has 0 radical (unpaired) electrons. The Bertz CT molecular complexity index is 433. The second-order valence-corrected chi connectivity index (χ2v) is 5.02. The Morgan fingerprint density at radius 1 is 1.42 bits per heavy atom. The summed E-state index contributed by atoms with van der Waals surface area (Å²) < 4.78 is 0. The van der Waals surface area contributed by atoms with Crippen molar-refractivity contribution in [2.75, 3.05) is 6.54 Å². The maximum absolute atomic E-state index is 12.0. The topological polar surface area (TPSA) is 75.3 Å². The van der Waals surface area contributed by atoms with E-state index < -0.39 is 0 Å². The van der Waals surface area contributed by atoms with E-state index >= 15 is 0 Å². The highest BCUT2D eigenvalue weighted by atomic mass is 35.5. The van der Waals surface area contributed by atoms with Crippen LogP contribution < -0.4 is 11.1 Å². The first-order valence-corrected chi connectivity index (χ1v) is 6.89. The lowest BCUT2D eigenvalue weighted by Gasteiger charge is -2.21. The number of rotatable bonds is 6. The molecule has 1 atom stereocenters. The van der Waals surface area contributed by atoms with Crippen molar-refractivity contribution in [3.8, 4) is 5.75 Å². The fraction of sp³-hybridized carbons (Fsp3) is 0.500. The van der Waals surface area contributed by atoms with Crippen molar-refractivity contribution in [3.05, 3.63) is 28.8 Å². The number of aromatic hydroxyl groups is 1. The fourth-order valence-corrected chi connectivity index (χ4v) is 2.26. The minimum absolute atomic E-state index is 0.0128. The molecule has 0 aromatic heterocycles. The average molecular weight is 285 g/mol. The lowest BCUT2D eigenvalue weighted by atomic mass is 9.95. The molecule has 0 spiro atoms. The number of nitrogens with two attached hydrogens (primary N) is 1. The van der Waals surface area contributed by atoms with Crippen molar-refractivity contribution in [2.45, 2.75) is 32.7 Å². The van der Waals surface area contributed by atoms with Gasteiger partial charge < -0.3 is 16.2 Å². The number of carbonyl (C=O) groups excluding carboxylic acids is 1. The highest BCUT2D eigenvalue weighted by molar-refractivity contribution is 6.33. The third-order valence-corrected chi connectivity index (χ3v) is 3.68. The highest BCUT2D eigenvalue weighted by Gasteiger charge is 2.16. The number of hydrogen-bond acceptors (Lipinski definition) is 3. The molecule has 0 aliphatic heterocycles. The molecule has 0 aliphatic rings. The van der Waals surface area contributed by atoms with Crippen molar-refractivity contribution in [1.29, 1.82) is 0 Å². The lowest BCUT2D eigenvalue weighted by molar-refractivity contribution is 0.0947. The van der Waals surface area contributed by atoms with Crippen LogP contribution in [0.5, 0.6) is 5.75 Å². The van der Waals surface area contributed by atoms with Gasteiger partial charge in [0, 0.05) is 12.6 Å². The number of hydrogen-bond donors (Lipinski definition) is 3. The second-order valence-electron chi connectivity index (χ2n) is 4.61. The zero-order chi connectivity index (χ0) is 14.4. The van der Waals surface area contributed by atoms with Crippen molar-refractivity contribution >= 4 is 17.5 Å². The van der Waals surface area contributed by atoms with Crippen LogP contribution in [-0.4, -0.2) is 23.6 Å². The minimum Gasteiger partial charge on any atom is -0.508 e. The number of carbonyl (C=O) groups is 1. The van der Waals surface area contributed by atoms with Gasteiger partial charge in [-0.3, -0.25) is 4.79 Å². The second kappa shape index (κ2) is 7.36. The molecule has 0 saturated carbocycles. The number of phenolic OH excluding ortho intramolecular Hbond substituents is 1. The van der Waals surface area contributed by atoms with Gasteiger partial charge in [0.05, 0.1) is 10.6 Å². The van der Waals surface area contributed by atoms with Gasteiger partial charge in [-0.05, 0) is 24.1 Å². The molecular weight excluding hydrogens is 264 g/mol. The van der Waals surface area contributed by atoms with Crippen LogP contribution in [0.4, 0.5) is 0 Å². The van der Waals surface area contributed by atoms with Crippen LogP contribution in [0.25, 0.3) is 0 Å². The summed E-state index contributed by atoms with van der Waals surface area (Å²) in [5.74, 6) is 0.0843. The molecule has 0 aliphatic carbocycles. The Morgan fingerprint density at radius 3 is 2.63 bits per heavy atom. The smallest absolute Gasteiger partial charge is 0.252 e. The van der Waals surface area contributed by atoms with E-state index in [0.29, 0.717) is 17.5 Å². The van der Waals surface area contributed by atoms with E-state index in [9.17, 15) is 9.90 Å². The molecule has 1 unspecified atom stereocenters. The summed E-state index contributed by atoms with van der Waals surface area (Å²) in [6.07, 6.45) is 1.97. The molecule has 5 heteroatoms. The zero-order valence-corrected chi connectivity index (χ0v) is 12.1. The van der Waals surface area contributed by atoms with E-state index in [1.165, 1.54) is 18.2 Å². The first-order chi connectivity index (χ1) is 8.99. The van der Waals surface area contributed by atoms with Crippen molar-refractivity contribution < 1.29 is 9.90 Å². The molecule has 1 amide bonds. The maximum Gasteiger partial charge on any atom is 0.252 e. The van der Waals surface area contributed by atoms with Gasteiger partial charge in [-0.25, -0.2) is 0 Å². The molecule has 0 heterocycles. The van der Waals surface area contributed by atoms with Crippen LogP contribution in [0, 0.1) is 5.92 Å². The minimum atomic E-state index is -0.317. The number of halogens is 1. The summed E-state index contributed by atoms with van der Waals surface area (Å²) in [5.41, 5.74) is 6.30. The molecule has 0 fully saturated rings. The SMILES string of the molecule is CCC(CC)C(N)CNC(=O)c1cc(O)ccc1Cl. The Morgan fingerprint density at radius 2 is 2.05 bits per heavy atom. The molecule has 4 nitrogen and oxygen atoms in total. The lowest BCUT2D eigenvalue weighted by Crippen LogP contribution is -2.41. The molecule has 0 saturated heterocycles. The summed E-state index contributed by atoms with van der Waals surface area (Å²) in [6.45, 7) is 4.57. The van der Waals surface area contributed by atoms with Crippen LogP contribution in [0.1, 0.15) is 37.0 Å². The van der Waals surface area contributed by atoms with Crippen LogP contribution in [-0.2, 0) is 0 Å². The van der Waals surface area contributed by atoms with Gasteiger partial charge in [0.15, 0.2) is 0 Å². The predicted molar refractivity (Wildman–Crippen MR) is 77.5 cm³/mol. The Labute approximate surface area is 118 Å². The van der Waals surface area contributed by atoms with E-state index in [1.807, 2.05) is 0 Å². The summed E-state index contributed by atoms with van der Waals surface area (Å²) in [5, 5.41) is 12.4. The van der Waals surface area contributed by atoms with E-state index in [-0.39, 0.29) is 23.3 Å². The Balaban J connectivity index is 2.63. The summed E-state index contributed by atoms with van der Waals surface area (Å²) in [6, 6.07) is 4.21. The van der Waals surface area contributed by atoms with Gasteiger partial charge in [0.1, 0.15) is 5.75 Å². The Hall–Kier alpha value is -1.26. The van der Waals surface area contributed by atoms with Crippen LogP contribution in [0.3, 0.4) is 0 Å². The van der Waals surface area contributed by atoms with E-state index in [2.05, 4.69) is 19.2 Å². The van der Waals surface area contributed by atoms with Gasteiger partial charge in [-0.2, -0.15) is 0 Å². The number of phenols is 1. The molecule has 1 rings (SSSR count).